The Labute approximate surface area is 94.6 Å². The summed E-state index contributed by atoms with van der Waals surface area (Å²) in [5.74, 6) is 0.475. The lowest BCUT2D eigenvalue weighted by atomic mass is 10.3. The smallest absolute Gasteiger partial charge is 0.273 e. The first-order valence-electron chi connectivity index (χ1n) is 4.93. The summed E-state index contributed by atoms with van der Waals surface area (Å²) in [5.41, 5.74) is 0.335. The van der Waals surface area contributed by atoms with E-state index >= 15 is 0 Å². The van der Waals surface area contributed by atoms with E-state index in [9.17, 15) is 4.79 Å². The number of rotatable bonds is 5. The van der Waals surface area contributed by atoms with Gasteiger partial charge in [0.15, 0.2) is 5.69 Å². The average molecular weight is 224 g/mol. The molecule has 0 atom stereocenters. The van der Waals surface area contributed by atoms with E-state index in [4.69, 9.17) is 4.74 Å². The molecule has 88 valence electrons. The zero-order valence-corrected chi connectivity index (χ0v) is 9.73. The lowest BCUT2D eigenvalue weighted by molar-refractivity contribution is 0.0821. The third-order valence-electron chi connectivity index (χ3n) is 1.90. The van der Waals surface area contributed by atoms with Gasteiger partial charge in [-0.3, -0.25) is 4.79 Å². The van der Waals surface area contributed by atoms with Crippen LogP contribution in [-0.4, -0.2) is 55.4 Å². The number of anilines is 1. The van der Waals surface area contributed by atoms with E-state index in [0.717, 1.165) is 0 Å². The monoisotopic (exact) mass is 224 g/mol. The Morgan fingerprint density at radius 2 is 2.19 bits per heavy atom. The van der Waals surface area contributed by atoms with Crippen molar-refractivity contribution in [3.63, 3.8) is 0 Å². The Bertz CT molecular complexity index is 337. The number of methoxy groups -OCH3 is 1. The Balaban J connectivity index is 2.57. The molecule has 0 spiro atoms. The molecule has 0 aromatic carbocycles. The lowest BCUT2D eigenvalue weighted by Crippen LogP contribution is -2.23. The maximum absolute atomic E-state index is 11.5. The van der Waals surface area contributed by atoms with E-state index in [2.05, 4.69) is 15.5 Å². The van der Waals surface area contributed by atoms with Crippen molar-refractivity contribution in [1.29, 1.82) is 0 Å². The van der Waals surface area contributed by atoms with Crippen molar-refractivity contribution in [1.82, 2.24) is 15.1 Å². The second kappa shape index (κ2) is 6.02. The van der Waals surface area contributed by atoms with Crippen LogP contribution in [0.25, 0.3) is 0 Å². The number of hydrogen-bond acceptors (Lipinski definition) is 5. The van der Waals surface area contributed by atoms with Gasteiger partial charge in [0.25, 0.3) is 5.91 Å². The molecular weight excluding hydrogens is 208 g/mol. The SMILES string of the molecule is COCCNc1ccc(C(=O)N(C)C)nn1. The highest BCUT2D eigenvalue weighted by molar-refractivity contribution is 5.91. The van der Waals surface area contributed by atoms with Crippen LogP contribution in [0.1, 0.15) is 10.5 Å². The topological polar surface area (TPSA) is 67.3 Å². The summed E-state index contributed by atoms with van der Waals surface area (Å²) in [6.45, 7) is 1.26. The first kappa shape index (κ1) is 12.4. The van der Waals surface area contributed by atoms with Gasteiger partial charge in [-0.1, -0.05) is 0 Å². The largest absolute Gasteiger partial charge is 0.383 e. The molecule has 1 amide bonds. The minimum absolute atomic E-state index is 0.157. The van der Waals surface area contributed by atoms with Gasteiger partial charge in [0, 0.05) is 27.7 Å². The Kier molecular flexibility index (Phi) is 4.65. The van der Waals surface area contributed by atoms with Crippen LogP contribution in [0.15, 0.2) is 12.1 Å². The fourth-order valence-corrected chi connectivity index (χ4v) is 1.05. The van der Waals surface area contributed by atoms with E-state index in [-0.39, 0.29) is 5.91 Å². The van der Waals surface area contributed by atoms with Gasteiger partial charge in [0.1, 0.15) is 5.82 Å². The van der Waals surface area contributed by atoms with Crippen molar-refractivity contribution < 1.29 is 9.53 Å². The summed E-state index contributed by atoms with van der Waals surface area (Å²) in [4.78, 5) is 13.0. The molecule has 0 aliphatic rings. The molecule has 1 heterocycles. The van der Waals surface area contributed by atoms with Crippen molar-refractivity contribution in [3.8, 4) is 0 Å². The van der Waals surface area contributed by atoms with Crippen LogP contribution < -0.4 is 5.32 Å². The Hall–Kier alpha value is -1.69. The molecule has 0 unspecified atom stereocenters. The van der Waals surface area contributed by atoms with Crippen LogP contribution in [0.2, 0.25) is 0 Å². The van der Waals surface area contributed by atoms with Crippen molar-refractivity contribution >= 4 is 11.7 Å². The number of nitrogens with zero attached hydrogens (tertiary/aromatic N) is 3. The molecule has 0 fully saturated rings. The minimum Gasteiger partial charge on any atom is -0.383 e. The normalized spacial score (nSPS) is 9.94. The number of aromatic nitrogens is 2. The molecule has 0 saturated carbocycles. The highest BCUT2D eigenvalue weighted by Gasteiger charge is 2.09. The molecule has 0 radical (unpaired) electrons. The van der Waals surface area contributed by atoms with Crippen LogP contribution in [-0.2, 0) is 4.74 Å². The number of ether oxygens (including phenoxy) is 1. The molecule has 1 rings (SSSR count). The van der Waals surface area contributed by atoms with Crippen molar-refractivity contribution in [2.75, 3.05) is 39.7 Å². The first-order valence-corrected chi connectivity index (χ1v) is 4.93. The van der Waals surface area contributed by atoms with Gasteiger partial charge in [0.2, 0.25) is 0 Å². The van der Waals surface area contributed by atoms with Crippen LogP contribution in [0.5, 0.6) is 0 Å². The van der Waals surface area contributed by atoms with Gasteiger partial charge >= 0.3 is 0 Å². The lowest BCUT2D eigenvalue weighted by Gasteiger charge is -2.09. The maximum atomic E-state index is 11.5. The third kappa shape index (κ3) is 3.47. The van der Waals surface area contributed by atoms with Crippen LogP contribution in [0, 0.1) is 0 Å². The minimum atomic E-state index is -0.157. The average Bonchev–Trinajstić information content (AvgIpc) is 2.29. The first-order chi connectivity index (χ1) is 7.65. The summed E-state index contributed by atoms with van der Waals surface area (Å²) in [6, 6.07) is 3.36. The Morgan fingerprint density at radius 3 is 2.69 bits per heavy atom. The molecule has 0 bridgehead atoms. The van der Waals surface area contributed by atoms with Gasteiger partial charge in [-0.25, -0.2) is 0 Å². The molecule has 6 heteroatoms. The predicted octanol–water partition coefficient (Wildman–Crippen LogP) is 0.237. The van der Waals surface area contributed by atoms with Gasteiger partial charge < -0.3 is 15.0 Å². The molecule has 0 aliphatic carbocycles. The van der Waals surface area contributed by atoms with Crippen LogP contribution in [0.4, 0.5) is 5.82 Å². The van der Waals surface area contributed by atoms with E-state index in [1.165, 1.54) is 4.90 Å². The van der Waals surface area contributed by atoms with Gasteiger partial charge in [-0.2, -0.15) is 0 Å². The van der Waals surface area contributed by atoms with Crippen LogP contribution in [0.3, 0.4) is 0 Å². The number of hydrogen-bond donors (Lipinski definition) is 1. The van der Waals surface area contributed by atoms with Crippen molar-refractivity contribution in [2.24, 2.45) is 0 Å². The molecule has 6 nitrogen and oxygen atoms in total. The second-order valence-corrected chi connectivity index (χ2v) is 3.42. The second-order valence-electron chi connectivity index (χ2n) is 3.42. The summed E-state index contributed by atoms with van der Waals surface area (Å²) in [5, 5.41) is 10.7. The molecule has 0 aliphatic heterocycles. The highest BCUT2D eigenvalue weighted by atomic mass is 16.5. The van der Waals surface area contributed by atoms with Crippen molar-refractivity contribution in [3.05, 3.63) is 17.8 Å². The highest BCUT2D eigenvalue weighted by Crippen LogP contribution is 2.03. The quantitative estimate of drug-likeness (QED) is 0.725. The summed E-state index contributed by atoms with van der Waals surface area (Å²) < 4.78 is 4.89. The third-order valence-corrected chi connectivity index (χ3v) is 1.90. The number of amides is 1. The number of carbonyl (C=O) groups is 1. The fourth-order valence-electron chi connectivity index (χ4n) is 1.05. The van der Waals surface area contributed by atoms with E-state index in [0.29, 0.717) is 24.7 Å². The summed E-state index contributed by atoms with van der Waals surface area (Å²) in [6.07, 6.45) is 0. The predicted molar refractivity (Wildman–Crippen MR) is 60.4 cm³/mol. The molecule has 1 N–H and O–H groups in total. The molecule has 1 aromatic heterocycles. The van der Waals surface area contributed by atoms with E-state index < -0.39 is 0 Å². The number of nitrogens with one attached hydrogen (secondary N) is 1. The zero-order valence-electron chi connectivity index (χ0n) is 9.73. The van der Waals surface area contributed by atoms with E-state index in [1.807, 2.05) is 0 Å². The van der Waals surface area contributed by atoms with Gasteiger partial charge in [0.05, 0.1) is 6.61 Å². The van der Waals surface area contributed by atoms with Crippen LogP contribution >= 0.6 is 0 Å². The van der Waals surface area contributed by atoms with Crippen molar-refractivity contribution in [2.45, 2.75) is 0 Å². The summed E-state index contributed by atoms with van der Waals surface area (Å²) >= 11 is 0. The molecular formula is C10H16N4O2. The number of carbonyl (C=O) groups excluding carboxylic acids is 1. The Morgan fingerprint density at radius 1 is 1.44 bits per heavy atom. The molecule has 16 heavy (non-hydrogen) atoms. The van der Waals surface area contributed by atoms with Gasteiger partial charge in [-0.15, -0.1) is 10.2 Å². The molecule has 1 aromatic rings. The molecule has 0 saturated heterocycles. The fraction of sp³-hybridized carbons (Fsp3) is 0.500. The van der Waals surface area contributed by atoms with Gasteiger partial charge in [-0.05, 0) is 12.1 Å². The summed E-state index contributed by atoms with van der Waals surface area (Å²) in [7, 11) is 4.98. The van der Waals surface area contributed by atoms with E-state index in [1.54, 1.807) is 33.3 Å². The maximum Gasteiger partial charge on any atom is 0.273 e. The standard InChI is InChI=1S/C10H16N4O2/c1-14(2)10(15)8-4-5-9(13-12-8)11-6-7-16-3/h4-5H,6-7H2,1-3H3,(H,11,13). The zero-order chi connectivity index (χ0) is 12.0.